The summed E-state index contributed by atoms with van der Waals surface area (Å²) in [5.41, 5.74) is 2.30. The van der Waals surface area contributed by atoms with E-state index in [4.69, 9.17) is 4.74 Å². The van der Waals surface area contributed by atoms with Gasteiger partial charge in [0.05, 0.1) is 13.2 Å². The van der Waals surface area contributed by atoms with Crippen molar-refractivity contribution in [2.24, 2.45) is 0 Å². The molecule has 4 heteroatoms. The van der Waals surface area contributed by atoms with Crippen LogP contribution in [-0.2, 0) is 0 Å². The molecular weight excluding hydrogens is 302 g/mol. The first-order valence-corrected chi connectivity index (χ1v) is 8.16. The highest BCUT2D eigenvalue weighted by Gasteiger charge is 2.34. The van der Waals surface area contributed by atoms with Gasteiger partial charge in [-0.05, 0) is 56.2 Å². The summed E-state index contributed by atoms with van der Waals surface area (Å²) in [5.74, 6) is 0.643. The highest BCUT2D eigenvalue weighted by molar-refractivity contribution is 6.04. The molecule has 2 aromatic rings. The first-order chi connectivity index (χ1) is 11.6. The van der Waals surface area contributed by atoms with Crippen molar-refractivity contribution in [1.82, 2.24) is 4.90 Å². The maximum atomic E-state index is 12.8. The lowest BCUT2D eigenvalue weighted by Crippen LogP contribution is -2.40. The van der Waals surface area contributed by atoms with E-state index in [1.807, 2.05) is 31.2 Å². The highest BCUT2D eigenvalue weighted by Crippen LogP contribution is 2.24. The lowest BCUT2D eigenvalue weighted by molar-refractivity contribution is 0.0671. The number of rotatable bonds is 4. The Morgan fingerprint density at radius 2 is 1.83 bits per heavy atom. The minimum atomic E-state index is -0.383. The molecule has 3 rings (SSSR count). The maximum absolute atomic E-state index is 12.8. The van der Waals surface area contributed by atoms with Crippen LogP contribution >= 0.6 is 0 Å². The molecule has 2 aromatic carbocycles. The van der Waals surface area contributed by atoms with Crippen molar-refractivity contribution < 1.29 is 14.3 Å². The van der Waals surface area contributed by atoms with Crippen molar-refractivity contribution in [1.29, 1.82) is 0 Å². The van der Waals surface area contributed by atoms with Crippen LogP contribution in [0.15, 0.2) is 48.5 Å². The van der Waals surface area contributed by atoms with Crippen LogP contribution in [0.1, 0.15) is 39.1 Å². The molecule has 1 heterocycles. The normalized spacial score (nSPS) is 16.9. The van der Waals surface area contributed by atoms with Crippen LogP contribution in [0.2, 0.25) is 0 Å². The number of aryl methyl sites for hydroxylation is 1. The molecule has 1 amide bonds. The standard InChI is InChI=1S/C20H21NO3/c1-14-5-3-6-16(13-14)20(23)21-12-4-7-18(21)19(22)15-8-10-17(24-2)11-9-15/h3,5-6,8-11,13,18H,4,7,12H2,1-2H3. The number of methoxy groups -OCH3 is 1. The fourth-order valence-corrected chi connectivity index (χ4v) is 3.17. The van der Waals surface area contributed by atoms with Crippen LogP contribution in [0.4, 0.5) is 0 Å². The van der Waals surface area contributed by atoms with Gasteiger partial charge in [0.1, 0.15) is 5.75 Å². The third-order valence-corrected chi connectivity index (χ3v) is 4.46. The SMILES string of the molecule is COc1ccc(C(=O)C2CCCN2C(=O)c2cccc(C)c2)cc1. The molecule has 1 unspecified atom stereocenters. The fourth-order valence-electron chi connectivity index (χ4n) is 3.17. The van der Waals surface area contributed by atoms with Crippen molar-refractivity contribution in [3.05, 3.63) is 65.2 Å². The van der Waals surface area contributed by atoms with Crippen molar-refractivity contribution >= 4 is 11.7 Å². The van der Waals surface area contributed by atoms with E-state index < -0.39 is 0 Å². The number of ketones is 1. The quantitative estimate of drug-likeness (QED) is 0.809. The molecule has 0 bridgehead atoms. The van der Waals surface area contributed by atoms with Gasteiger partial charge in [-0.2, -0.15) is 0 Å². The summed E-state index contributed by atoms with van der Waals surface area (Å²) >= 11 is 0. The van der Waals surface area contributed by atoms with E-state index >= 15 is 0 Å². The van der Waals surface area contributed by atoms with Gasteiger partial charge in [-0.1, -0.05) is 17.7 Å². The first-order valence-electron chi connectivity index (χ1n) is 8.16. The van der Waals surface area contributed by atoms with Gasteiger partial charge in [0.25, 0.3) is 5.91 Å². The van der Waals surface area contributed by atoms with E-state index in [0.717, 1.165) is 12.0 Å². The largest absolute Gasteiger partial charge is 0.497 e. The topological polar surface area (TPSA) is 46.6 Å². The Hall–Kier alpha value is -2.62. The second-order valence-corrected chi connectivity index (χ2v) is 6.12. The Bertz CT molecular complexity index is 752. The summed E-state index contributed by atoms with van der Waals surface area (Å²) in [6.07, 6.45) is 1.56. The van der Waals surface area contributed by atoms with Crippen LogP contribution in [-0.4, -0.2) is 36.3 Å². The number of benzene rings is 2. The van der Waals surface area contributed by atoms with E-state index in [0.29, 0.717) is 29.8 Å². The van der Waals surface area contributed by atoms with Gasteiger partial charge in [-0.25, -0.2) is 0 Å². The Labute approximate surface area is 142 Å². The van der Waals surface area contributed by atoms with Crippen molar-refractivity contribution in [2.45, 2.75) is 25.8 Å². The number of ether oxygens (including phenoxy) is 1. The lowest BCUT2D eigenvalue weighted by Gasteiger charge is -2.24. The Kier molecular flexibility index (Phi) is 4.65. The second-order valence-electron chi connectivity index (χ2n) is 6.12. The van der Waals surface area contributed by atoms with Crippen LogP contribution in [0.5, 0.6) is 5.75 Å². The number of carbonyl (C=O) groups is 2. The van der Waals surface area contributed by atoms with Gasteiger partial charge in [0.15, 0.2) is 5.78 Å². The molecular formula is C20H21NO3. The molecule has 1 aliphatic heterocycles. The van der Waals surface area contributed by atoms with E-state index in [-0.39, 0.29) is 17.7 Å². The Morgan fingerprint density at radius 3 is 2.50 bits per heavy atom. The minimum Gasteiger partial charge on any atom is -0.497 e. The third kappa shape index (κ3) is 3.18. The molecule has 0 spiro atoms. The number of Topliss-reactive ketones (excluding diaryl/α,β-unsaturated/α-hetero) is 1. The molecule has 1 atom stereocenters. The second kappa shape index (κ2) is 6.87. The van der Waals surface area contributed by atoms with Gasteiger partial charge in [-0.15, -0.1) is 0 Å². The zero-order chi connectivity index (χ0) is 17.1. The summed E-state index contributed by atoms with van der Waals surface area (Å²) in [6, 6.07) is 14.2. The summed E-state index contributed by atoms with van der Waals surface area (Å²) < 4.78 is 5.13. The monoisotopic (exact) mass is 323 g/mol. The van der Waals surface area contributed by atoms with Crippen LogP contribution in [0.25, 0.3) is 0 Å². The fraction of sp³-hybridized carbons (Fsp3) is 0.300. The molecule has 124 valence electrons. The van der Waals surface area contributed by atoms with E-state index in [1.165, 1.54) is 0 Å². The summed E-state index contributed by atoms with van der Waals surface area (Å²) in [6.45, 7) is 2.58. The molecule has 0 aliphatic carbocycles. The van der Waals surface area contributed by atoms with Gasteiger partial charge in [0, 0.05) is 17.7 Å². The Morgan fingerprint density at radius 1 is 1.08 bits per heavy atom. The van der Waals surface area contributed by atoms with Gasteiger partial charge >= 0.3 is 0 Å². The number of hydrogen-bond acceptors (Lipinski definition) is 3. The molecule has 0 radical (unpaired) electrons. The summed E-state index contributed by atoms with van der Waals surface area (Å²) in [7, 11) is 1.59. The number of hydrogen-bond donors (Lipinski definition) is 0. The van der Waals surface area contributed by atoms with Crippen LogP contribution < -0.4 is 4.74 Å². The molecule has 1 fully saturated rings. The van der Waals surface area contributed by atoms with E-state index in [2.05, 4.69) is 0 Å². The van der Waals surface area contributed by atoms with Gasteiger partial charge in [0.2, 0.25) is 0 Å². The molecule has 1 aliphatic rings. The van der Waals surface area contributed by atoms with Gasteiger partial charge < -0.3 is 9.64 Å². The van der Waals surface area contributed by atoms with Crippen LogP contribution in [0.3, 0.4) is 0 Å². The van der Waals surface area contributed by atoms with Gasteiger partial charge in [-0.3, -0.25) is 9.59 Å². The smallest absolute Gasteiger partial charge is 0.254 e. The first kappa shape index (κ1) is 16.2. The Balaban J connectivity index is 1.81. The van der Waals surface area contributed by atoms with E-state index in [9.17, 15) is 9.59 Å². The predicted octanol–water partition coefficient (Wildman–Crippen LogP) is 3.49. The number of likely N-dealkylation sites (tertiary alicyclic amines) is 1. The van der Waals surface area contributed by atoms with Crippen molar-refractivity contribution in [3.8, 4) is 5.75 Å². The molecule has 0 saturated carbocycles. The number of amides is 1. The summed E-state index contributed by atoms with van der Waals surface area (Å²) in [4.78, 5) is 27.3. The zero-order valence-electron chi connectivity index (χ0n) is 14.0. The molecule has 0 N–H and O–H groups in total. The van der Waals surface area contributed by atoms with Crippen molar-refractivity contribution in [2.75, 3.05) is 13.7 Å². The average molecular weight is 323 g/mol. The van der Waals surface area contributed by atoms with Crippen LogP contribution in [0, 0.1) is 6.92 Å². The zero-order valence-corrected chi connectivity index (χ0v) is 14.0. The number of nitrogens with zero attached hydrogens (tertiary/aromatic N) is 1. The molecule has 0 aromatic heterocycles. The summed E-state index contributed by atoms with van der Waals surface area (Å²) in [5, 5.41) is 0. The number of carbonyl (C=O) groups excluding carboxylic acids is 2. The third-order valence-electron chi connectivity index (χ3n) is 4.46. The predicted molar refractivity (Wildman–Crippen MR) is 92.6 cm³/mol. The van der Waals surface area contributed by atoms with Crippen molar-refractivity contribution in [3.63, 3.8) is 0 Å². The average Bonchev–Trinajstić information content (AvgIpc) is 3.10. The molecule has 4 nitrogen and oxygen atoms in total. The van der Waals surface area contributed by atoms with E-state index in [1.54, 1.807) is 36.3 Å². The molecule has 24 heavy (non-hydrogen) atoms. The minimum absolute atomic E-state index is 0.00356. The highest BCUT2D eigenvalue weighted by atomic mass is 16.5. The molecule has 1 saturated heterocycles. The maximum Gasteiger partial charge on any atom is 0.254 e. The lowest BCUT2D eigenvalue weighted by atomic mass is 10.0.